The first-order valence-corrected chi connectivity index (χ1v) is 3.84. The van der Waals surface area contributed by atoms with Gasteiger partial charge in [0.25, 0.3) is 0 Å². The van der Waals surface area contributed by atoms with Crippen LogP contribution in [0, 0.1) is 0 Å². The maximum Gasteiger partial charge on any atom is 0.217 e. The highest BCUT2D eigenvalue weighted by atomic mass is 16.1. The van der Waals surface area contributed by atoms with Crippen LogP contribution in [0.25, 0.3) is 0 Å². The second-order valence-electron chi connectivity index (χ2n) is 2.48. The molecule has 4 nitrogen and oxygen atoms in total. The predicted octanol–water partition coefficient (Wildman–Crippen LogP) is 0.0736. The maximum absolute atomic E-state index is 10.3. The lowest BCUT2D eigenvalue weighted by Gasteiger charge is -1.89. The van der Waals surface area contributed by atoms with Crippen molar-refractivity contribution in [2.24, 2.45) is 11.5 Å². The van der Waals surface area contributed by atoms with Crippen molar-refractivity contribution < 1.29 is 9.59 Å². The van der Waals surface area contributed by atoms with E-state index in [0.29, 0.717) is 25.7 Å². The minimum absolute atomic E-state index is 0.311. The van der Waals surface area contributed by atoms with Crippen LogP contribution in [0.1, 0.15) is 25.7 Å². The SMILES string of the molecule is NC(=O)CC/C=C/CCC(N)=O. The van der Waals surface area contributed by atoms with E-state index in [1.54, 1.807) is 0 Å². The predicted molar refractivity (Wildman–Crippen MR) is 46.0 cm³/mol. The highest BCUT2D eigenvalue weighted by Gasteiger charge is 1.90. The Labute approximate surface area is 71.6 Å². The molecule has 12 heavy (non-hydrogen) atoms. The summed E-state index contributed by atoms with van der Waals surface area (Å²) in [6, 6.07) is 0. The minimum Gasteiger partial charge on any atom is -0.370 e. The molecule has 0 aromatic carbocycles. The fourth-order valence-electron chi connectivity index (χ4n) is 0.687. The number of carbonyl (C=O) groups is 2. The zero-order valence-corrected chi connectivity index (χ0v) is 6.95. The molecule has 0 radical (unpaired) electrons. The quantitative estimate of drug-likeness (QED) is 0.553. The molecular formula is C8H14N2O2. The first-order valence-electron chi connectivity index (χ1n) is 3.84. The molecule has 0 aromatic heterocycles. The van der Waals surface area contributed by atoms with Crippen molar-refractivity contribution in [1.82, 2.24) is 0 Å². The molecule has 4 heteroatoms. The smallest absolute Gasteiger partial charge is 0.217 e. The average molecular weight is 170 g/mol. The van der Waals surface area contributed by atoms with E-state index in [1.165, 1.54) is 0 Å². The van der Waals surface area contributed by atoms with Crippen LogP contribution in [0.15, 0.2) is 12.2 Å². The van der Waals surface area contributed by atoms with Gasteiger partial charge < -0.3 is 11.5 Å². The number of nitrogens with two attached hydrogens (primary N) is 2. The topological polar surface area (TPSA) is 86.2 Å². The van der Waals surface area contributed by atoms with Gasteiger partial charge in [-0.05, 0) is 12.8 Å². The summed E-state index contributed by atoms with van der Waals surface area (Å²) in [7, 11) is 0. The van der Waals surface area contributed by atoms with E-state index in [-0.39, 0.29) is 11.8 Å². The molecule has 0 heterocycles. The van der Waals surface area contributed by atoms with Gasteiger partial charge in [-0.2, -0.15) is 0 Å². The average Bonchev–Trinajstić information content (AvgIpc) is 1.95. The molecule has 0 rings (SSSR count). The van der Waals surface area contributed by atoms with Crippen LogP contribution in [0.2, 0.25) is 0 Å². The van der Waals surface area contributed by atoms with Gasteiger partial charge in [-0.15, -0.1) is 0 Å². The Hall–Kier alpha value is -1.32. The van der Waals surface area contributed by atoms with Crippen molar-refractivity contribution >= 4 is 11.8 Å². The molecular weight excluding hydrogens is 156 g/mol. The van der Waals surface area contributed by atoms with E-state index in [0.717, 1.165) is 0 Å². The Morgan fingerprint density at radius 1 is 0.917 bits per heavy atom. The number of hydrogen-bond acceptors (Lipinski definition) is 2. The van der Waals surface area contributed by atoms with Crippen LogP contribution in [-0.2, 0) is 9.59 Å². The van der Waals surface area contributed by atoms with E-state index in [4.69, 9.17) is 11.5 Å². The normalized spacial score (nSPS) is 10.3. The van der Waals surface area contributed by atoms with Gasteiger partial charge in [0.2, 0.25) is 11.8 Å². The third-order valence-electron chi connectivity index (χ3n) is 1.28. The monoisotopic (exact) mass is 170 g/mol. The van der Waals surface area contributed by atoms with Crippen LogP contribution < -0.4 is 11.5 Å². The maximum atomic E-state index is 10.3. The van der Waals surface area contributed by atoms with Gasteiger partial charge in [-0.1, -0.05) is 12.2 Å². The summed E-state index contributed by atoms with van der Waals surface area (Å²) in [5, 5.41) is 0. The van der Waals surface area contributed by atoms with Crippen LogP contribution >= 0.6 is 0 Å². The Bertz CT molecular complexity index is 167. The fourth-order valence-corrected chi connectivity index (χ4v) is 0.687. The minimum atomic E-state index is -0.311. The summed E-state index contributed by atoms with van der Waals surface area (Å²) in [5.41, 5.74) is 9.82. The van der Waals surface area contributed by atoms with E-state index >= 15 is 0 Å². The Kier molecular flexibility index (Phi) is 5.69. The van der Waals surface area contributed by atoms with Gasteiger partial charge in [0, 0.05) is 12.8 Å². The summed E-state index contributed by atoms with van der Waals surface area (Å²) in [5.74, 6) is -0.621. The Morgan fingerprint density at radius 2 is 1.25 bits per heavy atom. The van der Waals surface area contributed by atoms with Crippen molar-refractivity contribution in [1.29, 1.82) is 0 Å². The van der Waals surface area contributed by atoms with Crippen molar-refractivity contribution in [2.45, 2.75) is 25.7 Å². The van der Waals surface area contributed by atoms with Gasteiger partial charge in [-0.3, -0.25) is 9.59 Å². The number of primary amides is 2. The van der Waals surface area contributed by atoms with Crippen molar-refractivity contribution in [3.05, 3.63) is 12.2 Å². The lowest BCUT2D eigenvalue weighted by atomic mass is 10.2. The van der Waals surface area contributed by atoms with Crippen LogP contribution in [-0.4, -0.2) is 11.8 Å². The van der Waals surface area contributed by atoms with Crippen LogP contribution in [0.5, 0.6) is 0 Å². The molecule has 0 bridgehead atoms. The summed E-state index contributed by atoms with van der Waals surface area (Å²) in [4.78, 5) is 20.5. The molecule has 0 saturated heterocycles. The molecule has 2 amide bonds. The summed E-state index contributed by atoms with van der Waals surface area (Å²) in [6.07, 6.45) is 5.63. The van der Waals surface area contributed by atoms with Gasteiger partial charge >= 0.3 is 0 Å². The highest BCUT2D eigenvalue weighted by molar-refractivity contribution is 5.74. The first kappa shape index (κ1) is 10.7. The lowest BCUT2D eigenvalue weighted by Crippen LogP contribution is -2.09. The third-order valence-corrected chi connectivity index (χ3v) is 1.28. The third kappa shape index (κ3) is 8.68. The largest absolute Gasteiger partial charge is 0.370 e. The standard InChI is InChI=1S/C8H14N2O2/c9-7(11)5-3-1-2-4-6-8(10)12/h1-2H,3-6H2,(H2,9,11)(H2,10,12)/b2-1+. The molecule has 68 valence electrons. The van der Waals surface area contributed by atoms with Crippen LogP contribution in [0.3, 0.4) is 0 Å². The van der Waals surface area contributed by atoms with Gasteiger partial charge in [0.15, 0.2) is 0 Å². The molecule has 0 unspecified atom stereocenters. The number of hydrogen-bond donors (Lipinski definition) is 2. The number of carbonyl (C=O) groups excluding carboxylic acids is 2. The number of rotatable bonds is 6. The fraction of sp³-hybridized carbons (Fsp3) is 0.500. The van der Waals surface area contributed by atoms with E-state index < -0.39 is 0 Å². The molecule has 0 aromatic rings. The molecule has 0 aliphatic heterocycles. The Balaban J connectivity index is 3.26. The number of amides is 2. The molecule has 4 N–H and O–H groups in total. The van der Waals surface area contributed by atoms with Crippen molar-refractivity contribution in [3.63, 3.8) is 0 Å². The first-order chi connectivity index (χ1) is 5.63. The molecule has 0 spiro atoms. The summed E-state index contributed by atoms with van der Waals surface area (Å²) in [6.45, 7) is 0. The molecule has 0 aliphatic carbocycles. The Morgan fingerprint density at radius 3 is 1.50 bits per heavy atom. The van der Waals surface area contributed by atoms with Gasteiger partial charge in [0.05, 0.1) is 0 Å². The summed E-state index contributed by atoms with van der Waals surface area (Å²) >= 11 is 0. The lowest BCUT2D eigenvalue weighted by molar-refractivity contribution is -0.118. The molecule has 0 saturated carbocycles. The highest BCUT2D eigenvalue weighted by Crippen LogP contribution is 1.94. The second kappa shape index (κ2) is 6.39. The summed E-state index contributed by atoms with van der Waals surface area (Å²) < 4.78 is 0. The van der Waals surface area contributed by atoms with E-state index in [9.17, 15) is 9.59 Å². The van der Waals surface area contributed by atoms with Crippen molar-refractivity contribution in [3.8, 4) is 0 Å². The van der Waals surface area contributed by atoms with Crippen molar-refractivity contribution in [2.75, 3.05) is 0 Å². The van der Waals surface area contributed by atoms with E-state index in [2.05, 4.69) is 0 Å². The molecule has 0 atom stereocenters. The van der Waals surface area contributed by atoms with E-state index in [1.807, 2.05) is 12.2 Å². The molecule has 0 aliphatic rings. The second-order valence-corrected chi connectivity index (χ2v) is 2.48. The zero-order valence-electron chi connectivity index (χ0n) is 6.95. The van der Waals surface area contributed by atoms with Crippen LogP contribution in [0.4, 0.5) is 0 Å². The molecule has 0 fully saturated rings. The number of allylic oxidation sites excluding steroid dienone is 2. The van der Waals surface area contributed by atoms with Gasteiger partial charge in [-0.25, -0.2) is 0 Å². The van der Waals surface area contributed by atoms with Gasteiger partial charge in [0.1, 0.15) is 0 Å². The zero-order chi connectivity index (χ0) is 9.40.